The van der Waals surface area contributed by atoms with Gasteiger partial charge in [0.15, 0.2) is 0 Å². The van der Waals surface area contributed by atoms with E-state index in [2.05, 4.69) is 10.3 Å². The monoisotopic (exact) mass is 266 g/mol. The number of hydrogen-bond acceptors (Lipinski definition) is 5. The highest BCUT2D eigenvalue weighted by molar-refractivity contribution is 5.40. The summed E-state index contributed by atoms with van der Waals surface area (Å²) in [5.74, 6) is 0.445. The van der Waals surface area contributed by atoms with Gasteiger partial charge >= 0.3 is 0 Å². The average molecular weight is 266 g/mol. The molecule has 1 aromatic rings. The molecule has 1 saturated carbocycles. The lowest BCUT2D eigenvalue weighted by molar-refractivity contribution is 0.204. The molecule has 0 radical (unpaired) electrons. The highest BCUT2D eigenvalue weighted by atomic mass is 16.3. The van der Waals surface area contributed by atoms with E-state index in [1.54, 1.807) is 13.1 Å². The Morgan fingerprint density at radius 3 is 2.84 bits per heavy atom. The van der Waals surface area contributed by atoms with E-state index in [4.69, 9.17) is 0 Å². The predicted octanol–water partition coefficient (Wildman–Crippen LogP) is 0.839. The Morgan fingerprint density at radius 2 is 2.16 bits per heavy atom. The molecule has 1 fully saturated rings. The topological polar surface area (TPSA) is 85.6 Å². The van der Waals surface area contributed by atoms with E-state index in [1.807, 2.05) is 0 Å². The van der Waals surface area contributed by atoms with E-state index < -0.39 is 0 Å². The maximum Gasteiger partial charge on any atom is 0.141 e. The number of nitrogens with zero attached hydrogens (tertiary/aromatic N) is 1. The number of hydrogen-bond donors (Lipinski definition) is 4. The van der Waals surface area contributed by atoms with Gasteiger partial charge in [0.1, 0.15) is 5.75 Å². The summed E-state index contributed by atoms with van der Waals surface area (Å²) < 4.78 is 0. The molecule has 0 saturated heterocycles. The van der Waals surface area contributed by atoms with Crippen LogP contribution in [0.25, 0.3) is 0 Å². The SMILES string of the molecule is Cc1ncc(CO)c(CNC2CCCC2CO)c1O. The molecule has 2 rings (SSSR count). The summed E-state index contributed by atoms with van der Waals surface area (Å²) in [6.45, 7) is 2.30. The maximum atomic E-state index is 10.0. The minimum Gasteiger partial charge on any atom is -0.506 e. The van der Waals surface area contributed by atoms with Gasteiger partial charge in [-0.05, 0) is 25.7 Å². The molecule has 2 atom stereocenters. The second kappa shape index (κ2) is 6.32. The largest absolute Gasteiger partial charge is 0.506 e. The molecular formula is C14H22N2O3. The van der Waals surface area contributed by atoms with Crippen molar-refractivity contribution in [3.63, 3.8) is 0 Å². The fourth-order valence-corrected chi connectivity index (χ4v) is 2.78. The molecule has 5 heteroatoms. The zero-order valence-corrected chi connectivity index (χ0v) is 11.3. The zero-order valence-electron chi connectivity index (χ0n) is 11.3. The van der Waals surface area contributed by atoms with Crippen molar-refractivity contribution in [2.75, 3.05) is 6.61 Å². The lowest BCUT2D eigenvalue weighted by atomic mass is 10.0. The molecule has 19 heavy (non-hydrogen) atoms. The van der Waals surface area contributed by atoms with Gasteiger partial charge in [-0.15, -0.1) is 0 Å². The van der Waals surface area contributed by atoms with Crippen LogP contribution in [0.4, 0.5) is 0 Å². The van der Waals surface area contributed by atoms with Crippen LogP contribution in [0.1, 0.15) is 36.1 Å². The molecular weight excluding hydrogens is 244 g/mol. The van der Waals surface area contributed by atoms with Gasteiger partial charge < -0.3 is 20.6 Å². The first-order chi connectivity index (χ1) is 9.17. The second-order valence-corrected chi connectivity index (χ2v) is 5.22. The van der Waals surface area contributed by atoms with E-state index in [-0.39, 0.29) is 25.0 Å². The van der Waals surface area contributed by atoms with Gasteiger partial charge in [0.05, 0.1) is 12.3 Å². The highest BCUT2D eigenvalue weighted by Crippen LogP contribution is 2.27. The van der Waals surface area contributed by atoms with Crippen LogP contribution in [0, 0.1) is 12.8 Å². The Kier molecular flexibility index (Phi) is 4.74. The van der Waals surface area contributed by atoms with Crippen molar-refractivity contribution < 1.29 is 15.3 Å². The van der Waals surface area contributed by atoms with E-state index in [9.17, 15) is 15.3 Å². The molecule has 0 bridgehead atoms. The number of nitrogens with one attached hydrogen (secondary N) is 1. The summed E-state index contributed by atoms with van der Waals surface area (Å²) in [6, 6.07) is 0.282. The van der Waals surface area contributed by atoms with E-state index >= 15 is 0 Å². The van der Waals surface area contributed by atoms with Crippen LogP contribution in [0.15, 0.2) is 6.20 Å². The van der Waals surface area contributed by atoms with Crippen molar-refractivity contribution in [3.8, 4) is 5.75 Å². The molecule has 0 spiro atoms. The van der Waals surface area contributed by atoms with Gasteiger partial charge in [-0.1, -0.05) is 6.42 Å². The normalized spacial score (nSPS) is 22.9. The van der Waals surface area contributed by atoms with Crippen molar-refractivity contribution in [1.82, 2.24) is 10.3 Å². The van der Waals surface area contributed by atoms with Crippen molar-refractivity contribution in [1.29, 1.82) is 0 Å². The van der Waals surface area contributed by atoms with Crippen LogP contribution < -0.4 is 5.32 Å². The van der Waals surface area contributed by atoms with Gasteiger partial charge in [-0.2, -0.15) is 0 Å². The molecule has 2 unspecified atom stereocenters. The Morgan fingerprint density at radius 1 is 1.37 bits per heavy atom. The molecule has 106 valence electrons. The third-order valence-corrected chi connectivity index (χ3v) is 4.04. The second-order valence-electron chi connectivity index (χ2n) is 5.22. The minimum absolute atomic E-state index is 0.133. The highest BCUT2D eigenvalue weighted by Gasteiger charge is 2.26. The average Bonchev–Trinajstić information content (AvgIpc) is 2.87. The summed E-state index contributed by atoms with van der Waals surface area (Å²) in [4.78, 5) is 4.04. The van der Waals surface area contributed by atoms with Gasteiger partial charge in [-0.3, -0.25) is 4.98 Å². The van der Waals surface area contributed by atoms with Crippen molar-refractivity contribution >= 4 is 0 Å². The number of aryl methyl sites for hydroxylation is 1. The maximum absolute atomic E-state index is 10.0. The molecule has 0 aliphatic heterocycles. The molecule has 1 heterocycles. The fourth-order valence-electron chi connectivity index (χ4n) is 2.78. The van der Waals surface area contributed by atoms with Gasteiger partial charge in [0.2, 0.25) is 0 Å². The smallest absolute Gasteiger partial charge is 0.141 e. The Hall–Kier alpha value is -1.17. The summed E-state index contributed by atoms with van der Waals surface area (Å²) in [6.07, 6.45) is 4.81. The van der Waals surface area contributed by atoms with Gasteiger partial charge in [0, 0.05) is 36.5 Å². The van der Waals surface area contributed by atoms with Crippen LogP contribution in [-0.2, 0) is 13.2 Å². The summed E-state index contributed by atoms with van der Waals surface area (Å²) >= 11 is 0. The van der Waals surface area contributed by atoms with Crippen molar-refractivity contribution in [2.24, 2.45) is 5.92 Å². The zero-order chi connectivity index (χ0) is 13.8. The lowest BCUT2D eigenvalue weighted by Crippen LogP contribution is -2.33. The van der Waals surface area contributed by atoms with Crippen LogP contribution in [0.5, 0.6) is 5.75 Å². The molecule has 4 N–H and O–H groups in total. The summed E-state index contributed by atoms with van der Waals surface area (Å²) in [5.41, 5.74) is 1.92. The van der Waals surface area contributed by atoms with Crippen LogP contribution in [-0.4, -0.2) is 33.0 Å². The first-order valence-corrected chi connectivity index (χ1v) is 6.78. The number of pyridine rings is 1. The first kappa shape index (κ1) is 14.2. The third-order valence-electron chi connectivity index (χ3n) is 4.04. The Balaban J connectivity index is 2.08. The molecule has 0 amide bonds. The molecule has 1 aliphatic carbocycles. The van der Waals surface area contributed by atoms with Crippen LogP contribution >= 0.6 is 0 Å². The molecule has 1 aliphatic rings. The number of aromatic nitrogens is 1. The number of aliphatic hydroxyl groups excluding tert-OH is 2. The van der Waals surface area contributed by atoms with Gasteiger partial charge in [-0.25, -0.2) is 0 Å². The quantitative estimate of drug-likeness (QED) is 0.634. The predicted molar refractivity (Wildman–Crippen MR) is 71.6 cm³/mol. The van der Waals surface area contributed by atoms with E-state index in [0.717, 1.165) is 19.3 Å². The molecule has 1 aromatic heterocycles. The molecule has 5 nitrogen and oxygen atoms in total. The van der Waals surface area contributed by atoms with Gasteiger partial charge in [0.25, 0.3) is 0 Å². The van der Waals surface area contributed by atoms with E-state index in [1.165, 1.54) is 0 Å². The first-order valence-electron chi connectivity index (χ1n) is 6.78. The van der Waals surface area contributed by atoms with Crippen LogP contribution in [0.3, 0.4) is 0 Å². The summed E-state index contributed by atoms with van der Waals surface area (Å²) in [5, 5.41) is 32.0. The Bertz CT molecular complexity index is 437. The number of aromatic hydroxyl groups is 1. The number of rotatable bonds is 5. The van der Waals surface area contributed by atoms with Crippen LogP contribution in [0.2, 0.25) is 0 Å². The Labute approximate surface area is 113 Å². The lowest BCUT2D eigenvalue weighted by Gasteiger charge is -2.20. The summed E-state index contributed by atoms with van der Waals surface area (Å²) in [7, 11) is 0. The van der Waals surface area contributed by atoms with Crippen molar-refractivity contribution in [2.45, 2.75) is 45.4 Å². The van der Waals surface area contributed by atoms with Crippen molar-refractivity contribution in [3.05, 3.63) is 23.0 Å². The van der Waals surface area contributed by atoms with E-state index in [0.29, 0.717) is 29.3 Å². The molecule has 0 aromatic carbocycles. The third kappa shape index (κ3) is 3.05. The fraction of sp³-hybridized carbons (Fsp3) is 0.643. The standard InChI is InChI=1S/C14H22N2O3/c1-9-14(19)12(11(8-18)5-15-9)6-16-13-4-2-3-10(13)7-17/h5,10,13,16-19H,2-4,6-8H2,1H3. The minimum atomic E-state index is -0.133. The number of aliphatic hydroxyl groups is 2.